The number of nitrogens with one attached hydrogen (secondary N) is 1. The lowest BCUT2D eigenvalue weighted by atomic mass is 10.3. The largest absolute Gasteiger partial charge is 0.494 e. The van der Waals surface area contributed by atoms with Gasteiger partial charge in [0.2, 0.25) is 10.0 Å². The predicted molar refractivity (Wildman–Crippen MR) is 86.4 cm³/mol. The van der Waals surface area contributed by atoms with Gasteiger partial charge in [-0.25, -0.2) is 13.1 Å². The number of unbranched alkanes of at least 4 members (excludes halogenated alkanes) is 1. The Morgan fingerprint density at radius 1 is 1.40 bits per heavy atom. The van der Waals surface area contributed by atoms with Crippen molar-refractivity contribution >= 4 is 50.0 Å². The first-order valence-corrected chi connectivity index (χ1v) is 8.30. The molecule has 0 aromatic heterocycles. The minimum atomic E-state index is -3.66. The fraction of sp³-hybridized carbons (Fsp3) is 0.455. The van der Waals surface area contributed by atoms with Gasteiger partial charge in [-0.3, -0.25) is 0 Å². The van der Waals surface area contributed by atoms with E-state index in [1.165, 1.54) is 13.2 Å². The summed E-state index contributed by atoms with van der Waals surface area (Å²) in [7, 11) is -2.25. The van der Waals surface area contributed by atoms with E-state index in [-0.39, 0.29) is 23.1 Å². The zero-order chi connectivity index (χ0) is 14.5. The summed E-state index contributed by atoms with van der Waals surface area (Å²) < 4.78 is 32.4. The summed E-state index contributed by atoms with van der Waals surface area (Å²) in [4.78, 5) is 0.0159. The van der Waals surface area contributed by atoms with Gasteiger partial charge in [-0.1, -0.05) is 11.6 Å². The van der Waals surface area contributed by atoms with Crippen LogP contribution < -0.4 is 15.2 Å². The van der Waals surface area contributed by atoms with E-state index in [1.807, 2.05) is 0 Å². The highest BCUT2D eigenvalue weighted by molar-refractivity contribution is 9.10. The minimum absolute atomic E-state index is 0. The number of halogens is 3. The Hall–Kier alpha value is -0.0500. The molecule has 0 unspecified atom stereocenters. The van der Waals surface area contributed by atoms with Crippen molar-refractivity contribution in [2.45, 2.75) is 17.7 Å². The molecule has 0 spiro atoms. The molecule has 0 saturated heterocycles. The van der Waals surface area contributed by atoms with Crippen LogP contribution in [0.5, 0.6) is 5.75 Å². The van der Waals surface area contributed by atoms with E-state index >= 15 is 0 Å². The number of ether oxygens (including phenoxy) is 1. The summed E-state index contributed by atoms with van der Waals surface area (Å²) in [5.41, 5.74) is 5.35. The number of methoxy groups -OCH3 is 1. The van der Waals surface area contributed by atoms with E-state index < -0.39 is 10.0 Å². The maximum atomic E-state index is 12.2. The van der Waals surface area contributed by atoms with Crippen LogP contribution in [-0.2, 0) is 10.0 Å². The fourth-order valence-electron chi connectivity index (χ4n) is 1.49. The van der Waals surface area contributed by atoms with Crippen LogP contribution in [0.4, 0.5) is 0 Å². The first-order chi connectivity index (χ1) is 8.92. The molecule has 20 heavy (non-hydrogen) atoms. The Balaban J connectivity index is 0.00000361. The Morgan fingerprint density at radius 2 is 2.05 bits per heavy atom. The fourth-order valence-corrected chi connectivity index (χ4v) is 3.94. The van der Waals surface area contributed by atoms with Crippen molar-refractivity contribution in [3.8, 4) is 5.75 Å². The van der Waals surface area contributed by atoms with Crippen molar-refractivity contribution in [1.29, 1.82) is 0 Å². The molecule has 9 heteroatoms. The molecule has 0 aliphatic carbocycles. The van der Waals surface area contributed by atoms with Crippen LogP contribution in [0.25, 0.3) is 0 Å². The average molecular weight is 408 g/mol. The monoisotopic (exact) mass is 406 g/mol. The highest BCUT2D eigenvalue weighted by atomic mass is 79.9. The number of sulfonamides is 1. The third kappa shape index (κ3) is 5.38. The number of rotatable bonds is 7. The maximum Gasteiger partial charge on any atom is 0.244 e. The van der Waals surface area contributed by atoms with Crippen LogP contribution in [0, 0.1) is 0 Å². The molecule has 0 aliphatic rings. The predicted octanol–water partition coefficient (Wildman–Crippen LogP) is 2.55. The molecule has 0 aliphatic heterocycles. The smallest absolute Gasteiger partial charge is 0.244 e. The summed E-state index contributed by atoms with van der Waals surface area (Å²) in [5.74, 6) is 0.232. The van der Waals surface area contributed by atoms with Gasteiger partial charge < -0.3 is 10.5 Å². The highest BCUT2D eigenvalue weighted by Gasteiger charge is 2.21. The van der Waals surface area contributed by atoms with Crippen LogP contribution in [0.3, 0.4) is 0 Å². The van der Waals surface area contributed by atoms with Gasteiger partial charge in [0, 0.05) is 11.6 Å². The molecule has 116 valence electrons. The van der Waals surface area contributed by atoms with Crippen LogP contribution in [0.2, 0.25) is 5.02 Å². The number of hydrogen-bond acceptors (Lipinski definition) is 4. The zero-order valence-corrected chi connectivity index (χ0v) is 14.8. The molecule has 0 fully saturated rings. The molecule has 0 radical (unpaired) electrons. The van der Waals surface area contributed by atoms with E-state index in [0.717, 1.165) is 6.42 Å². The topological polar surface area (TPSA) is 81.4 Å². The molecule has 0 saturated carbocycles. The van der Waals surface area contributed by atoms with Gasteiger partial charge in [0.25, 0.3) is 0 Å². The van der Waals surface area contributed by atoms with Gasteiger partial charge in [-0.05, 0) is 47.4 Å². The third-order valence-corrected chi connectivity index (χ3v) is 4.66. The van der Waals surface area contributed by atoms with Crippen molar-refractivity contribution < 1.29 is 13.2 Å². The van der Waals surface area contributed by atoms with Gasteiger partial charge in [-0.15, -0.1) is 12.4 Å². The SMILES string of the molecule is COc1c(Br)cc(Cl)cc1S(=O)(=O)NCCCCN.Cl. The second-order valence-corrected chi connectivity index (χ2v) is 6.84. The van der Waals surface area contributed by atoms with Gasteiger partial charge >= 0.3 is 0 Å². The van der Waals surface area contributed by atoms with E-state index in [1.54, 1.807) is 6.07 Å². The minimum Gasteiger partial charge on any atom is -0.494 e. The Kier molecular flexibility index (Phi) is 9.04. The first-order valence-electron chi connectivity index (χ1n) is 5.65. The second kappa shape index (κ2) is 9.07. The lowest BCUT2D eigenvalue weighted by Gasteiger charge is -2.12. The number of hydrogen-bond donors (Lipinski definition) is 2. The van der Waals surface area contributed by atoms with E-state index in [0.29, 0.717) is 29.0 Å². The summed E-state index contributed by atoms with van der Waals surface area (Å²) in [5, 5.41) is 0.315. The van der Waals surface area contributed by atoms with Crippen molar-refractivity contribution in [3.63, 3.8) is 0 Å². The van der Waals surface area contributed by atoms with Crippen LogP contribution in [0.15, 0.2) is 21.5 Å². The molecule has 3 N–H and O–H groups in total. The quantitative estimate of drug-likeness (QED) is 0.680. The van der Waals surface area contributed by atoms with Crippen molar-refractivity contribution in [3.05, 3.63) is 21.6 Å². The Morgan fingerprint density at radius 3 is 2.60 bits per heavy atom. The average Bonchev–Trinajstić information content (AvgIpc) is 2.34. The van der Waals surface area contributed by atoms with Crippen molar-refractivity contribution in [2.75, 3.05) is 20.2 Å². The van der Waals surface area contributed by atoms with Crippen LogP contribution in [-0.4, -0.2) is 28.6 Å². The third-order valence-electron chi connectivity index (χ3n) is 2.39. The van der Waals surface area contributed by atoms with Gasteiger partial charge in [-0.2, -0.15) is 0 Å². The van der Waals surface area contributed by atoms with Gasteiger partial charge in [0.05, 0.1) is 11.6 Å². The summed E-state index contributed by atoms with van der Waals surface area (Å²) in [6.45, 7) is 0.862. The van der Waals surface area contributed by atoms with Gasteiger partial charge in [0.1, 0.15) is 4.90 Å². The number of nitrogens with two attached hydrogens (primary N) is 1. The zero-order valence-electron chi connectivity index (χ0n) is 10.9. The molecule has 5 nitrogen and oxygen atoms in total. The molecule has 1 rings (SSSR count). The molecular weight excluding hydrogens is 391 g/mol. The van der Waals surface area contributed by atoms with Crippen molar-refractivity contribution in [1.82, 2.24) is 4.72 Å². The first kappa shape index (κ1) is 19.9. The lowest BCUT2D eigenvalue weighted by Crippen LogP contribution is -2.25. The molecule has 0 heterocycles. The highest BCUT2D eigenvalue weighted by Crippen LogP contribution is 2.35. The summed E-state index contributed by atoms with van der Waals surface area (Å²) in [6, 6.07) is 2.93. The molecule has 1 aromatic carbocycles. The maximum absolute atomic E-state index is 12.2. The lowest BCUT2D eigenvalue weighted by molar-refractivity contribution is 0.399. The van der Waals surface area contributed by atoms with E-state index in [9.17, 15) is 8.42 Å². The molecule has 1 aromatic rings. The normalized spacial score (nSPS) is 11.0. The number of benzene rings is 1. The molecule has 0 amide bonds. The Bertz CT molecular complexity index is 541. The standard InChI is InChI=1S/C11H16BrClN2O3S.ClH/c1-18-11-9(12)6-8(13)7-10(11)19(16,17)15-5-3-2-4-14;/h6-7,15H,2-5,14H2,1H3;1H. The second-order valence-electron chi connectivity index (χ2n) is 3.81. The van der Waals surface area contributed by atoms with Crippen LogP contribution >= 0.6 is 39.9 Å². The summed E-state index contributed by atoms with van der Waals surface area (Å²) >= 11 is 9.10. The molecule has 0 atom stereocenters. The summed E-state index contributed by atoms with van der Waals surface area (Å²) in [6.07, 6.45) is 1.44. The van der Waals surface area contributed by atoms with Crippen molar-refractivity contribution in [2.24, 2.45) is 5.73 Å². The van der Waals surface area contributed by atoms with Gasteiger partial charge in [0.15, 0.2) is 5.75 Å². The van der Waals surface area contributed by atoms with E-state index in [2.05, 4.69) is 20.7 Å². The molecular formula is C11H17BrCl2N2O3S. The van der Waals surface area contributed by atoms with E-state index in [4.69, 9.17) is 22.1 Å². The van der Waals surface area contributed by atoms with Crippen LogP contribution in [0.1, 0.15) is 12.8 Å². The molecule has 0 bridgehead atoms. The Labute approximate surface area is 138 Å².